The van der Waals surface area contributed by atoms with Gasteiger partial charge in [0, 0.05) is 17.7 Å². The fraction of sp³-hybridized carbons (Fsp3) is 0.118. The molecular weight excluding hydrogens is 326 g/mol. The number of fused-ring (bicyclic) bond motifs is 1. The number of nitro groups is 1. The molecule has 2 aromatic rings. The standard InChI is InChI=1S/C17H11N3O5/c21-16-13-14(10-6-8-12(9-7-10)20(23)24)18-25-15(13)17(22)19(16)11-4-2-1-3-5-11/h1-9,13,15H/t13-,15-/m0/s1. The number of rotatable bonds is 3. The highest BCUT2D eigenvalue weighted by Crippen LogP contribution is 2.35. The molecule has 2 aliphatic rings. The highest BCUT2D eigenvalue weighted by molar-refractivity contribution is 6.32. The Morgan fingerprint density at radius 3 is 2.32 bits per heavy atom. The first kappa shape index (κ1) is 15.0. The summed E-state index contributed by atoms with van der Waals surface area (Å²) in [7, 11) is 0. The van der Waals surface area contributed by atoms with E-state index in [9.17, 15) is 19.7 Å². The fourth-order valence-electron chi connectivity index (χ4n) is 3.00. The topological polar surface area (TPSA) is 102 Å². The number of imide groups is 1. The van der Waals surface area contributed by atoms with Crippen molar-refractivity contribution in [1.29, 1.82) is 0 Å². The van der Waals surface area contributed by atoms with Crippen LogP contribution in [0.15, 0.2) is 59.8 Å². The van der Waals surface area contributed by atoms with E-state index in [0.717, 1.165) is 4.90 Å². The number of amides is 2. The van der Waals surface area contributed by atoms with E-state index in [1.54, 1.807) is 30.3 Å². The lowest BCUT2D eigenvalue weighted by Crippen LogP contribution is -2.33. The van der Waals surface area contributed by atoms with Gasteiger partial charge in [-0.3, -0.25) is 19.7 Å². The Balaban J connectivity index is 1.67. The van der Waals surface area contributed by atoms with Gasteiger partial charge in [-0.1, -0.05) is 23.4 Å². The van der Waals surface area contributed by atoms with Gasteiger partial charge in [0.25, 0.3) is 11.6 Å². The monoisotopic (exact) mass is 337 g/mol. The maximum Gasteiger partial charge on any atom is 0.278 e. The number of nitrogens with zero attached hydrogens (tertiary/aromatic N) is 3. The van der Waals surface area contributed by atoms with Crippen LogP contribution in [0.5, 0.6) is 0 Å². The van der Waals surface area contributed by atoms with Crippen LogP contribution >= 0.6 is 0 Å². The smallest absolute Gasteiger partial charge is 0.278 e. The lowest BCUT2D eigenvalue weighted by Gasteiger charge is -2.15. The van der Waals surface area contributed by atoms with Crippen molar-refractivity contribution in [3.8, 4) is 0 Å². The molecule has 0 aromatic heterocycles. The fourth-order valence-corrected chi connectivity index (χ4v) is 3.00. The predicted octanol–water partition coefficient (Wildman–Crippen LogP) is 1.89. The molecule has 2 heterocycles. The van der Waals surface area contributed by atoms with Crippen molar-refractivity contribution in [3.05, 3.63) is 70.3 Å². The molecule has 1 saturated heterocycles. The highest BCUT2D eigenvalue weighted by atomic mass is 16.7. The van der Waals surface area contributed by atoms with Gasteiger partial charge in [0.2, 0.25) is 12.0 Å². The highest BCUT2D eigenvalue weighted by Gasteiger charge is 2.56. The molecule has 2 atom stereocenters. The van der Waals surface area contributed by atoms with Crippen LogP contribution in [0.2, 0.25) is 0 Å². The van der Waals surface area contributed by atoms with Crippen molar-refractivity contribution in [1.82, 2.24) is 0 Å². The van der Waals surface area contributed by atoms with Gasteiger partial charge in [-0.25, -0.2) is 4.90 Å². The molecular formula is C17H11N3O5. The molecule has 4 rings (SSSR count). The van der Waals surface area contributed by atoms with E-state index < -0.39 is 28.8 Å². The van der Waals surface area contributed by atoms with Crippen LogP contribution in [0.3, 0.4) is 0 Å². The van der Waals surface area contributed by atoms with Crippen molar-refractivity contribution < 1.29 is 19.3 Å². The van der Waals surface area contributed by atoms with Crippen LogP contribution in [0.4, 0.5) is 11.4 Å². The van der Waals surface area contributed by atoms with E-state index in [1.807, 2.05) is 0 Å². The van der Waals surface area contributed by atoms with Crippen molar-refractivity contribution in [2.24, 2.45) is 11.1 Å². The summed E-state index contributed by atoms with van der Waals surface area (Å²) in [5.74, 6) is -1.74. The molecule has 25 heavy (non-hydrogen) atoms. The zero-order chi connectivity index (χ0) is 17.6. The Morgan fingerprint density at radius 1 is 1.00 bits per heavy atom. The van der Waals surface area contributed by atoms with E-state index in [-0.39, 0.29) is 5.69 Å². The summed E-state index contributed by atoms with van der Waals surface area (Å²) in [5, 5.41) is 14.6. The van der Waals surface area contributed by atoms with Gasteiger partial charge >= 0.3 is 0 Å². The van der Waals surface area contributed by atoms with Gasteiger partial charge < -0.3 is 4.84 Å². The lowest BCUT2D eigenvalue weighted by molar-refractivity contribution is -0.384. The van der Waals surface area contributed by atoms with Crippen LogP contribution in [0.1, 0.15) is 5.56 Å². The molecule has 0 N–H and O–H groups in total. The number of non-ortho nitro benzene ring substituents is 1. The van der Waals surface area contributed by atoms with Crippen LogP contribution in [-0.4, -0.2) is 28.6 Å². The number of anilines is 1. The summed E-state index contributed by atoms with van der Waals surface area (Å²) in [4.78, 5) is 41.9. The van der Waals surface area contributed by atoms with Crippen LogP contribution < -0.4 is 4.90 Å². The van der Waals surface area contributed by atoms with Crippen LogP contribution in [0.25, 0.3) is 0 Å². The van der Waals surface area contributed by atoms with Crippen molar-refractivity contribution >= 4 is 28.9 Å². The Labute approximate surface area is 141 Å². The average molecular weight is 337 g/mol. The molecule has 2 aliphatic heterocycles. The lowest BCUT2D eigenvalue weighted by atomic mass is 9.94. The number of benzene rings is 2. The van der Waals surface area contributed by atoms with E-state index in [0.29, 0.717) is 17.0 Å². The van der Waals surface area contributed by atoms with Crippen LogP contribution in [-0.2, 0) is 14.4 Å². The zero-order valence-corrected chi connectivity index (χ0v) is 12.7. The number of nitro benzene ring substituents is 1. The SMILES string of the molecule is O=C1[C@H]2C(c3ccc([N+](=O)[O-])cc3)=NO[C@@H]2C(=O)N1c1ccccc1. The summed E-state index contributed by atoms with van der Waals surface area (Å²) in [5.41, 5.74) is 1.21. The summed E-state index contributed by atoms with van der Waals surface area (Å²) < 4.78 is 0. The van der Waals surface area contributed by atoms with Gasteiger partial charge in [0.15, 0.2) is 0 Å². The van der Waals surface area contributed by atoms with Crippen molar-refractivity contribution in [2.75, 3.05) is 4.90 Å². The second-order valence-electron chi connectivity index (χ2n) is 5.63. The van der Waals surface area contributed by atoms with Crippen molar-refractivity contribution in [3.63, 3.8) is 0 Å². The normalized spacial score (nSPS) is 21.8. The maximum absolute atomic E-state index is 12.8. The third-order valence-electron chi connectivity index (χ3n) is 4.20. The average Bonchev–Trinajstić information content (AvgIpc) is 3.16. The Bertz CT molecular complexity index is 908. The molecule has 0 spiro atoms. The molecule has 1 fully saturated rings. The number of carbonyl (C=O) groups is 2. The zero-order valence-electron chi connectivity index (χ0n) is 12.7. The number of para-hydroxylation sites is 1. The molecule has 8 nitrogen and oxygen atoms in total. The number of carbonyl (C=O) groups excluding carboxylic acids is 2. The Kier molecular flexibility index (Phi) is 3.31. The third-order valence-corrected chi connectivity index (χ3v) is 4.20. The second-order valence-corrected chi connectivity index (χ2v) is 5.63. The first-order chi connectivity index (χ1) is 12.1. The minimum atomic E-state index is -1.00. The van der Waals surface area contributed by atoms with E-state index >= 15 is 0 Å². The summed E-state index contributed by atoms with van der Waals surface area (Å²) >= 11 is 0. The largest absolute Gasteiger partial charge is 0.381 e. The number of hydrogen-bond acceptors (Lipinski definition) is 6. The first-order valence-electron chi connectivity index (χ1n) is 7.49. The molecule has 2 aromatic carbocycles. The minimum absolute atomic E-state index is 0.0699. The summed E-state index contributed by atoms with van der Waals surface area (Å²) in [6.45, 7) is 0. The molecule has 0 bridgehead atoms. The Hall–Kier alpha value is -3.55. The van der Waals surface area contributed by atoms with E-state index in [1.165, 1.54) is 24.3 Å². The molecule has 8 heteroatoms. The molecule has 0 radical (unpaired) electrons. The third kappa shape index (κ3) is 2.26. The van der Waals surface area contributed by atoms with Crippen LogP contribution in [0, 0.1) is 16.0 Å². The van der Waals surface area contributed by atoms with Crippen molar-refractivity contribution in [2.45, 2.75) is 6.10 Å². The minimum Gasteiger partial charge on any atom is -0.381 e. The quantitative estimate of drug-likeness (QED) is 0.483. The molecule has 0 saturated carbocycles. The molecule has 0 aliphatic carbocycles. The predicted molar refractivity (Wildman–Crippen MR) is 86.9 cm³/mol. The van der Waals surface area contributed by atoms with Gasteiger partial charge in [-0.2, -0.15) is 0 Å². The van der Waals surface area contributed by atoms with Gasteiger partial charge in [0.1, 0.15) is 11.6 Å². The van der Waals surface area contributed by atoms with E-state index in [2.05, 4.69) is 5.16 Å². The number of hydrogen-bond donors (Lipinski definition) is 0. The second kappa shape index (κ2) is 5.52. The van der Waals surface area contributed by atoms with Gasteiger partial charge in [-0.15, -0.1) is 0 Å². The van der Waals surface area contributed by atoms with E-state index in [4.69, 9.17) is 4.84 Å². The summed E-state index contributed by atoms with van der Waals surface area (Å²) in [6, 6.07) is 14.2. The number of oxime groups is 1. The molecule has 2 amide bonds. The van der Waals surface area contributed by atoms with Gasteiger partial charge in [0.05, 0.1) is 10.6 Å². The first-order valence-corrected chi connectivity index (χ1v) is 7.49. The maximum atomic E-state index is 12.8. The van der Waals surface area contributed by atoms with Gasteiger partial charge in [-0.05, 0) is 24.3 Å². The molecule has 124 valence electrons. The summed E-state index contributed by atoms with van der Waals surface area (Å²) in [6.07, 6.45) is -1.00. The Morgan fingerprint density at radius 2 is 1.68 bits per heavy atom. The molecule has 0 unspecified atom stereocenters.